The molecule has 1 aliphatic rings. The van der Waals surface area contributed by atoms with E-state index in [0.717, 1.165) is 11.6 Å². The first-order valence-electron chi connectivity index (χ1n) is 9.62. The highest BCUT2D eigenvalue weighted by atomic mass is 35.5. The van der Waals surface area contributed by atoms with E-state index < -0.39 is 17.3 Å². The molecule has 1 aliphatic heterocycles. The van der Waals surface area contributed by atoms with Crippen molar-refractivity contribution in [1.29, 1.82) is 5.26 Å². The number of ether oxygens (including phenoxy) is 1. The van der Waals surface area contributed by atoms with Crippen LogP contribution in [0.5, 0.6) is 0 Å². The average molecular weight is 452 g/mol. The summed E-state index contributed by atoms with van der Waals surface area (Å²) in [5, 5.41) is 9.53. The Labute approximate surface area is 183 Å². The molecule has 3 rings (SSSR count). The van der Waals surface area contributed by atoms with Crippen LogP contribution in [0.2, 0.25) is 5.02 Å². The zero-order valence-electron chi connectivity index (χ0n) is 16.8. The lowest BCUT2D eigenvalue weighted by Crippen LogP contribution is -2.56. The van der Waals surface area contributed by atoms with Gasteiger partial charge in [-0.3, -0.25) is 4.79 Å². The molecule has 0 radical (unpaired) electrons. The van der Waals surface area contributed by atoms with Gasteiger partial charge in [0.2, 0.25) is 5.91 Å². The van der Waals surface area contributed by atoms with Crippen molar-refractivity contribution in [1.82, 2.24) is 4.90 Å². The number of carbonyl (C=O) groups excluding carboxylic acids is 1. The van der Waals surface area contributed by atoms with Gasteiger partial charge in [-0.05, 0) is 29.8 Å². The normalized spacial score (nSPS) is 16.8. The van der Waals surface area contributed by atoms with Crippen LogP contribution >= 0.6 is 11.6 Å². The maximum atomic E-state index is 13.4. The van der Waals surface area contributed by atoms with E-state index in [-0.39, 0.29) is 25.0 Å². The first-order chi connectivity index (χ1) is 14.7. The molecular weight excluding hydrogens is 431 g/mol. The van der Waals surface area contributed by atoms with Gasteiger partial charge in [-0.15, -0.1) is 0 Å². The number of rotatable bonds is 5. The molecule has 164 valence electrons. The Hall–Kier alpha value is -2.76. The molecule has 31 heavy (non-hydrogen) atoms. The van der Waals surface area contributed by atoms with Crippen LogP contribution in [0.4, 0.5) is 18.9 Å². The third kappa shape index (κ3) is 5.30. The van der Waals surface area contributed by atoms with Gasteiger partial charge in [0.1, 0.15) is 0 Å². The number of alkyl halides is 3. The van der Waals surface area contributed by atoms with Gasteiger partial charge in [-0.2, -0.15) is 18.4 Å². The van der Waals surface area contributed by atoms with E-state index in [1.54, 1.807) is 34.1 Å². The van der Waals surface area contributed by atoms with Crippen molar-refractivity contribution in [3.63, 3.8) is 0 Å². The molecule has 0 aliphatic carbocycles. The van der Waals surface area contributed by atoms with Gasteiger partial charge in [0, 0.05) is 37.5 Å². The largest absolute Gasteiger partial charge is 0.417 e. The lowest BCUT2D eigenvalue weighted by Gasteiger charge is -2.42. The molecular formula is C22H21ClF3N3O2. The van der Waals surface area contributed by atoms with Crippen molar-refractivity contribution in [3.8, 4) is 6.07 Å². The standard InChI is InChI=1S/C22H21ClF3N3O2/c1-31-14-18-13-28(21(30)10-15-4-2-3-5-20(15)23)8-9-29(18)17-7-6-16(12-27)19(11-17)22(24,25)26/h2-7,11,18H,8-10,13-14H2,1H3. The first-order valence-corrected chi connectivity index (χ1v) is 10.0. The molecule has 2 aromatic carbocycles. The highest BCUT2D eigenvalue weighted by molar-refractivity contribution is 6.31. The zero-order valence-corrected chi connectivity index (χ0v) is 17.6. The first kappa shape index (κ1) is 22.9. The fraction of sp³-hybridized carbons (Fsp3) is 0.364. The van der Waals surface area contributed by atoms with Gasteiger partial charge in [-0.1, -0.05) is 29.8 Å². The molecule has 0 N–H and O–H groups in total. The molecule has 0 bridgehead atoms. The minimum atomic E-state index is -4.63. The molecule has 5 nitrogen and oxygen atoms in total. The van der Waals surface area contributed by atoms with Crippen LogP contribution < -0.4 is 4.90 Å². The van der Waals surface area contributed by atoms with Crippen molar-refractivity contribution in [3.05, 3.63) is 64.2 Å². The second kappa shape index (κ2) is 9.58. The number of halogens is 4. The van der Waals surface area contributed by atoms with Crippen LogP contribution in [0.3, 0.4) is 0 Å². The van der Waals surface area contributed by atoms with Crippen molar-refractivity contribution in [2.75, 3.05) is 38.3 Å². The van der Waals surface area contributed by atoms with Gasteiger partial charge < -0.3 is 14.5 Å². The van der Waals surface area contributed by atoms with Crippen molar-refractivity contribution in [2.45, 2.75) is 18.6 Å². The van der Waals surface area contributed by atoms with Crippen LogP contribution in [0, 0.1) is 11.3 Å². The summed E-state index contributed by atoms with van der Waals surface area (Å²) in [6.45, 7) is 1.23. The molecule has 1 unspecified atom stereocenters. The summed E-state index contributed by atoms with van der Waals surface area (Å²) in [5.41, 5.74) is -0.331. The molecule has 1 heterocycles. The Balaban J connectivity index is 1.80. The number of hydrogen-bond acceptors (Lipinski definition) is 4. The predicted octanol–water partition coefficient (Wildman–Crippen LogP) is 4.14. The Morgan fingerprint density at radius 1 is 1.26 bits per heavy atom. The molecule has 9 heteroatoms. The summed E-state index contributed by atoms with van der Waals surface area (Å²) in [7, 11) is 1.50. The van der Waals surface area contributed by atoms with Gasteiger partial charge in [-0.25, -0.2) is 0 Å². The number of methoxy groups -OCH3 is 1. The third-order valence-corrected chi connectivity index (χ3v) is 5.62. The Morgan fingerprint density at radius 3 is 2.65 bits per heavy atom. The number of amides is 1. The third-order valence-electron chi connectivity index (χ3n) is 5.25. The van der Waals surface area contributed by atoms with Gasteiger partial charge in [0.15, 0.2) is 0 Å². The van der Waals surface area contributed by atoms with E-state index in [1.807, 2.05) is 6.07 Å². The summed E-state index contributed by atoms with van der Waals surface area (Å²) in [6, 6.07) is 12.0. The van der Waals surface area contributed by atoms with Crippen LogP contribution in [0.15, 0.2) is 42.5 Å². The summed E-state index contributed by atoms with van der Waals surface area (Å²) in [5.74, 6) is -0.107. The van der Waals surface area contributed by atoms with Crippen molar-refractivity contribution < 1.29 is 22.7 Å². The second-order valence-electron chi connectivity index (χ2n) is 7.25. The van der Waals surface area contributed by atoms with E-state index >= 15 is 0 Å². The minimum absolute atomic E-state index is 0.107. The monoisotopic (exact) mass is 451 g/mol. The number of hydrogen-bond donors (Lipinski definition) is 0. The second-order valence-corrected chi connectivity index (χ2v) is 7.66. The molecule has 1 saturated heterocycles. The summed E-state index contributed by atoms with van der Waals surface area (Å²) < 4.78 is 45.4. The van der Waals surface area contributed by atoms with E-state index in [4.69, 9.17) is 21.6 Å². The number of anilines is 1. The van der Waals surface area contributed by atoms with Crippen molar-refractivity contribution >= 4 is 23.2 Å². The van der Waals surface area contributed by atoms with Gasteiger partial charge >= 0.3 is 6.18 Å². The summed E-state index contributed by atoms with van der Waals surface area (Å²) in [4.78, 5) is 16.3. The minimum Gasteiger partial charge on any atom is -0.382 e. The molecule has 0 spiro atoms. The Bertz CT molecular complexity index is 991. The Morgan fingerprint density at radius 2 is 2.00 bits per heavy atom. The predicted molar refractivity (Wildman–Crippen MR) is 111 cm³/mol. The summed E-state index contributed by atoms with van der Waals surface area (Å²) >= 11 is 6.15. The fourth-order valence-corrected chi connectivity index (χ4v) is 3.92. The van der Waals surface area contributed by atoms with Gasteiger partial charge in [0.05, 0.1) is 36.3 Å². The molecule has 1 amide bonds. The van der Waals surface area contributed by atoms with Crippen LogP contribution in [0.1, 0.15) is 16.7 Å². The van der Waals surface area contributed by atoms with Crippen LogP contribution in [-0.4, -0.2) is 50.2 Å². The van der Waals surface area contributed by atoms with Gasteiger partial charge in [0.25, 0.3) is 0 Å². The summed E-state index contributed by atoms with van der Waals surface area (Å²) in [6.07, 6.45) is -4.49. The highest BCUT2D eigenvalue weighted by Gasteiger charge is 2.36. The maximum Gasteiger partial charge on any atom is 0.417 e. The lowest BCUT2D eigenvalue weighted by molar-refractivity contribution is -0.137. The number of benzene rings is 2. The zero-order chi connectivity index (χ0) is 22.6. The van der Waals surface area contributed by atoms with E-state index in [9.17, 15) is 18.0 Å². The average Bonchev–Trinajstić information content (AvgIpc) is 2.74. The SMILES string of the molecule is COCC1CN(C(=O)Cc2ccccc2Cl)CCN1c1ccc(C#N)c(C(F)(F)F)c1. The fourth-order valence-electron chi connectivity index (χ4n) is 3.72. The molecule has 1 atom stereocenters. The van der Waals surface area contributed by atoms with Crippen LogP contribution in [-0.2, 0) is 22.1 Å². The van der Waals surface area contributed by atoms with Crippen molar-refractivity contribution in [2.24, 2.45) is 0 Å². The molecule has 0 saturated carbocycles. The maximum absolute atomic E-state index is 13.4. The van der Waals surface area contributed by atoms with E-state index in [0.29, 0.717) is 30.3 Å². The number of nitrogens with zero attached hydrogens (tertiary/aromatic N) is 3. The Kier molecular flexibility index (Phi) is 7.08. The quantitative estimate of drug-likeness (QED) is 0.685. The number of nitriles is 1. The van der Waals surface area contributed by atoms with Crippen LogP contribution in [0.25, 0.3) is 0 Å². The smallest absolute Gasteiger partial charge is 0.382 e. The number of carbonyl (C=O) groups is 1. The molecule has 2 aromatic rings. The topological polar surface area (TPSA) is 56.6 Å². The number of piperazine rings is 1. The highest BCUT2D eigenvalue weighted by Crippen LogP contribution is 2.35. The molecule has 1 fully saturated rings. The molecule has 0 aromatic heterocycles. The lowest BCUT2D eigenvalue weighted by atomic mass is 10.0. The van der Waals surface area contributed by atoms with E-state index in [2.05, 4.69) is 0 Å². The van der Waals surface area contributed by atoms with E-state index in [1.165, 1.54) is 19.2 Å².